The van der Waals surface area contributed by atoms with Crippen molar-refractivity contribution < 1.29 is 14.3 Å². The highest BCUT2D eigenvalue weighted by Gasteiger charge is 2.48. The van der Waals surface area contributed by atoms with E-state index in [1.54, 1.807) is 18.1 Å². The van der Waals surface area contributed by atoms with Gasteiger partial charge in [0.05, 0.1) is 18.6 Å². The molecule has 1 aromatic rings. The number of hydrogen-bond acceptors (Lipinski definition) is 3. The van der Waals surface area contributed by atoms with Crippen LogP contribution in [0, 0.1) is 22.7 Å². The standard InChI is InChI=1S/C25H36O3/c1-17-7-9-20-21(6-5-13-24(20,2)3)25(17,4)14-11-18-8-10-22(28-23(18)26)19-12-15-27-16-19/h8-9,12,15-17,21-23,26H,5-7,10-11,13-14H2,1-4H3/t17-,21-,22+,23?,25-/m0/s1. The van der Waals surface area contributed by atoms with Gasteiger partial charge < -0.3 is 14.3 Å². The van der Waals surface area contributed by atoms with E-state index in [0.717, 1.165) is 30.4 Å². The highest BCUT2D eigenvalue weighted by atomic mass is 16.6. The molecule has 1 fully saturated rings. The first-order valence-corrected chi connectivity index (χ1v) is 11.1. The van der Waals surface area contributed by atoms with Gasteiger partial charge in [0.15, 0.2) is 6.29 Å². The number of furan rings is 1. The van der Waals surface area contributed by atoms with Crippen molar-refractivity contribution in [3.63, 3.8) is 0 Å². The Morgan fingerprint density at radius 1 is 1.18 bits per heavy atom. The molecule has 2 heterocycles. The van der Waals surface area contributed by atoms with E-state index in [4.69, 9.17) is 9.15 Å². The lowest BCUT2D eigenvalue weighted by Crippen LogP contribution is -2.43. The second-order valence-corrected chi connectivity index (χ2v) is 10.2. The van der Waals surface area contributed by atoms with Gasteiger partial charge >= 0.3 is 0 Å². The molecule has 1 aromatic heterocycles. The molecular formula is C25H36O3. The van der Waals surface area contributed by atoms with Crippen LogP contribution in [-0.4, -0.2) is 11.4 Å². The van der Waals surface area contributed by atoms with E-state index in [9.17, 15) is 5.11 Å². The SMILES string of the molecule is C[C@H]1CC=C2[C@H](CCCC2(C)C)[C@@]1(C)CCC1=CC[C@H](c2ccoc2)OC1O. The topological polar surface area (TPSA) is 42.6 Å². The van der Waals surface area contributed by atoms with Gasteiger partial charge in [0.2, 0.25) is 0 Å². The summed E-state index contributed by atoms with van der Waals surface area (Å²) in [6.45, 7) is 9.78. The zero-order valence-corrected chi connectivity index (χ0v) is 17.9. The quantitative estimate of drug-likeness (QED) is 0.597. The Hall–Kier alpha value is -1.32. The van der Waals surface area contributed by atoms with Crippen LogP contribution in [0.3, 0.4) is 0 Å². The summed E-state index contributed by atoms with van der Waals surface area (Å²) < 4.78 is 11.1. The number of hydrogen-bond donors (Lipinski definition) is 1. The maximum Gasteiger partial charge on any atom is 0.177 e. The summed E-state index contributed by atoms with van der Waals surface area (Å²) in [4.78, 5) is 0. The number of aliphatic hydroxyl groups is 1. The van der Waals surface area contributed by atoms with Crippen molar-refractivity contribution in [2.24, 2.45) is 22.7 Å². The molecule has 0 amide bonds. The van der Waals surface area contributed by atoms with Gasteiger partial charge in [-0.05, 0) is 72.8 Å². The third kappa shape index (κ3) is 3.52. The number of rotatable bonds is 4. The molecule has 1 aliphatic heterocycles. The first-order chi connectivity index (χ1) is 13.3. The summed E-state index contributed by atoms with van der Waals surface area (Å²) in [7, 11) is 0. The van der Waals surface area contributed by atoms with Crippen LogP contribution in [0.5, 0.6) is 0 Å². The van der Waals surface area contributed by atoms with Gasteiger partial charge in [-0.15, -0.1) is 0 Å². The molecule has 154 valence electrons. The first kappa shape index (κ1) is 20.0. The number of fused-ring (bicyclic) bond motifs is 1. The van der Waals surface area contributed by atoms with Crippen LogP contribution in [0.4, 0.5) is 0 Å². The fraction of sp³-hybridized carbons (Fsp3) is 0.680. The molecular weight excluding hydrogens is 348 g/mol. The Balaban J connectivity index is 1.47. The lowest BCUT2D eigenvalue weighted by atomic mass is 9.52. The molecule has 0 spiro atoms. The summed E-state index contributed by atoms with van der Waals surface area (Å²) in [6.07, 6.45) is 15.2. The lowest BCUT2D eigenvalue weighted by Gasteiger charge is -2.53. The Morgan fingerprint density at radius 3 is 2.71 bits per heavy atom. The average molecular weight is 385 g/mol. The molecule has 3 heteroatoms. The van der Waals surface area contributed by atoms with Crippen molar-refractivity contribution in [3.05, 3.63) is 47.5 Å². The summed E-state index contributed by atoms with van der Waals surface area (Å²) in [6, 6.07) is 1.92. The summed E-state index contributed by atoms with van der Waals surface area (Å²) in [5.74, 6) is 1.36. The van der Waals surface area contributed by atoms with Crippen LogP contribution in [0.15, 0.2) is 46.3 Å². The molecule has 5 atom stereocenters. The molecule has 1 N–H and O–H groups in total. The summed E-state index contributed by atoms with van der Waals surface area (Å²) in [5, 5.41) is 10.6. The fourth-order valence-electron chi connectivity index (χ4n) is 5.93. The largest absolute Gasteiger partial charge is 0.472 e. The molecule has 3 aliphatic rings. The van der Waals surface area contributed by atoms with Gasteiger partial charge in [0.1, 0.15) is 0 Å². The second-order valence-electron chi connectivity index (χ2n) is 10.2. The van der Waals surface area contributed by atoms with Crippen LogP contribution in [-0.2, 0) is 4.74 Å². The number of aliphatic hydroxyl groups excluding tert-OH is 1. The van der Waals surface area contributed by atoms with Gasteiger partial charge in [-0.1, -0.05) is 51.8 Å². The van der Waals surface area contributed by atoms with E-state index < -0.39 is 6.29 Å². The minimum Gasteiger partial charge on any atom is -0.472 e. The Labute approximate surface area is 169 Å². The normalized spacial score (nSPS) is 37.8. The number of ether oxygens (including phenoxy) is 1. The average Bonchev–Trinajstić information content (AvgIpc) is 3.18. The molecule has 3 nitrogen and oxygen atoms in total. The van der Waals surface area contributed by atoms with Crippen molar-refractivity contribution in [1.82, 2.24) is 0 Å². The predicted octanol–water partition coefficient (Wildman–Crippen LogP) is 6.56. The minimum atomic E-state index is -0.797. The molecule has 0 aromatic carbocycles. The van der Waals surface area contributed by atoms with Crippen LogP contribution in [0.1, 0.15) is 84.3 Å². The Morgan fingerprint density at radius 2 is 2.00 bits per heavy atom. The summed E-state index contributed by atoms with van der Waals surface area (Å²) >= 11 is 0. The summed E-state index contributed by atoms with van der Waals surface area (Å²) in [5.41, 5.74) is 4.40. The molecule has 2 aliphatic carbocycles. The van der Waals surface area contributed by atoms with E-state index in [0.29, 0.717) is 22.7 Å². The van der Waals surface area contributed by atoms with Gasteiger partial charge in [-0.3, -0.25) is 0 Å². The monoisotopic (exact) mass is 384 g/mol. The highest BCUT2D eigenvalue weighted by molar-refractivity contribution is 5.25. The van der Waals surface area contributed by atoms with E-state index >= 15 is 0 Å². The maximum absolute atomic E-state index is 10.6. The Bertz CT molecular complexity index is 742. The highest BCUT2D eigenvalue weighted by Crippen LogP contribution is 2.58. The van der Waals surface area contributed by atoms with Gasteiger partial charge in [-0.2, -0.15) is 0 Å². The van der Waals surface area contributed by atoms with Crippen molar-refractivity contribution >= 4 is 0 Å². The van der Waals surface area contributed by atoms with Crippen LogP contribution in [0.2, 0.25) is 0 Å². The number of allylic oxidation sites excluding steroid dienone is 2. The Kier molecular flexibility index (Phi) is 5.35. The molecule has 28 heavy (non-hydrogen) atoms. The molecule has 0 radical (unpaired) electrons. The van der Waals surface area contributed by atoms with Crippen molar-refractivity contribution in [3.8, 4) is 0 Å². The van der Waals surface area contributed by atoms with E-state index in [2.05, 4.69) is 39.8 Å². The van der Waals surface area contributed by atoms with Gasteiger partial charge in [0.25, 0.3) is 0 Å². The lowest BCUT2D eigenvalue weighted by molar-refractivity contribution is -0.123. The van der Waals surface area contributed by atoms with Crippen molar-refractivity contribution in [2.75, 3.05) is 0 Å². The fourth-order valence-corrected chi connectivity index (χ4v) is 5.93. The third-order valence-electron chi connectivity index (χ3n) is 8.14. The zero-order valence-electron chi connectivity index (χ0n) is 17.9. The second kappa shape index (κ2) is 7.50. The van der Waals surface area contributed by atoms with Gasteiger partial charge in [-0.25, -0.2) is 0 Å². The van der Waals surface area contributed by atoms with E-state index in [-0.39, 0.29) is 6.10 Å². The maximum atomic E-state index is 10.6. The van der Waals surface area contributed by atoms with Crippen LogP contribution in [0.25, 0.3) is 0 Å². The predicted molar refractivity (Wildman–Crippen MR) is 112 cm³/mol. The van der Waals surface area contributed by atoms with Crippen LogP contribution >= 0.6 is 0 Å². The van der Waals surface area contributed by atoms with Crippen molar-refractivity contribution in [1.29, 1.82) is 0 Å². The molecule has 0 bridgehead atoms. The zero-order chi connectivity index (χ0) is 19.9. The van der Waals surface area contributed by atoms with E-state index in [1.807, 2.05) is 6.07 Å². The molecule has 1 saturated carbocycles. The molecule has 0 saturated heterocycles. The third-order valence-corrected chi connectivity index (χ3v) is 8.14. The first-order valence-electron chi connectivity index (χ1n) is 11.1. The van der Waals surface area contributed by atoms with Crippen LogP contribution < -0.4 is 0 Å². The minimum absolute atomic E-state index is 0.102. The van der Waals surface area contributed by atoms with E-state index in [1.165, 1.54) is 25.7 Å². The molecule has 1 unspecified atom stereocenters. The smallest absolute Gasteiger partial charge is 0.177 e. The van der Waals surface area contributed by atoms with Gasteiger partial charge in [0, 0.05) is 5.56 Å². The van der Waals surface area contributed by atoms with Crippen molar-refractivity contribution in [2.45, 2.75) is 85.0 Å². The molecule has 4 rings (SSSR count).